The first-order valence-corrected chi connectivity index (χ1v) is 7.65. The highest BCUT2D eigenvalue weighted by Gasteiger charge is 2.26. The molecule has 0 bridgehead atoms. The van der Waals surface area contributed by atoms with Gasteiger partial charge in [0, 0.05) is 18.8 Å². The Labute approximate surface area is 144 Å². The number of nitrogens with two attached hydrogens (primary N) is 1. The van der Waals surface area contributed by atoms with Gasteiger partial charge in [0.05, 0.1) is 32.3 Å². The zero-order valence-corrected chi connectivity index (χ0v) is 13.9. The number of hydrogen-bond donors (Lipinski definition) is 2. The molecule has 134 valence electrons. The fourth-order valence-electron chi connectivity index (χ4n) is 2.49. The van der Waals surface area contributed by atoms with Crippen LogP contribution in [0.15, 0.2) is 24.3 Å². The third kappa shape index (κ3) is 5.28. The highest BCUT2D eigenvalue weighted by atomic mass is 16.5. The van der Waals surface area contributed by atoms with Gasteiger partial charge in [-0.25, -0.2) is 4.79 Å². The van der Waals surface area contributed by atoms with Gasteiger partial charge in [-0.3, -0.25) is 19.3 Å². The Kier molecular flexibility index (Phi) is 6.07. The number of carbonyl (C=O) groups excluding carboxylic acids is 4. The van der Waals surface area contributed by atoms with E-state index >= 15 is 0 Å². The molecule has 1 saturated heterocycles. The van der Waals surface area contributed by atoms with Crippen molar-refractivity contribution in [2.24, 2.45) is 5.73 Å². The van der Waals surface area contributed by atoms with Crippen molar-refractivity contribution in [2.75, 3.05) is 45.2 Å². The van der Waals surface area contributed by atoms with E-state index in [4.69, 9.17) is 5.73 Å². The first kappa shape index (κ1) is 18.4. The van der Waals surface area contributed by atoms with Crippen LogP contribution in [0.25, 0.3) is 0 Å². The van der Waals surface area contributed by atoms with Gasteiger partial charge in [0.15, 0.2) is 0 Å². The first-order valence-electron chi connectivity index (χ1n) is 7.65. The molecule has 2 rings (SSSR count). The lowest BCUT2D eigenvalue weighted by atomic mass is 10.2. The third-order valence-corrected chi connectivity index (χ3v) is 3.68. The summed E-state index contributed by atoms with van der Waals surface area (Å²) in [6.07, 6.45) is 0. The molecule has 3 amide bonds. The number of primary amides is 1. The molecule has 9 heteroatoms. The summed E-state index contributed by atoms with van der Waals surface area (Å²) in [5.74, 6) is -1.61. The summed E-state index contributed by atoms with van der Waals surface area (Å²) < 4.78 is 4.63. The van der Waals surface area contributed by atoms with Gasteiger partial charge in [-0.05, 0) is 18.2 Å². The quantitative estimate of drug-likeness (QED) is 0.639. The van der Waals surface area contributed by atoms with Gasteiger partial charge >= 0.3 is 5.97 Å². The van der Waals surface area contributed by atoms with Gasteiger partial charge in [0.2, 0.25) is 17.7 Å². The number of nitrogens with zero attached hydrogens (tertiary/aromatic N) is 2. The molecule has 0 aromatic heterocycles. The van der Waals surface area contributed by atoms with Crippen LogP contribution in [0.1, 0.15) is 10.4 Å². The Balaban J connectivity index is 1.88. The monoisotopic (exact) mass is 348 g/mol. The van der Waals surface area contributed by atoms with E-state index in [1.165, 1.54) is 18.1 Å². The van der Waals surface area contributed by atoms with Gasteiger partial charge in [-0.1, -0.05) is 6.07 Å². The molecule has 1 heterocycles. The van der Waals surface area contributed by atoms with Crippen LogP contribution in [-0.2, 0) is 19.1 Å². The summed E-state index contributed by atoms with van der Waals surface area (Å²) in [6.45, 7) is 0.766. The van der Waals surface area contributed by atoms with Crippen LogP contribution in [0, 0.1) is 0 Å². The van der Waals surface area contributed by atoms with E-state index in [1.807, 2.05) is 0 Å². The molecule has 0 aliphatic carbocycles. The van der Waals surface area contributed by atoms with E-state index in [-0.39, 0.29) is 31.4 Å². The lowest BCUT2D eigenvalue weighted by Crippen LogP contribution is -2.53. The number of esters is 1. The summed E-state index contributed by atoms with van der Waals surface area (Å²) in [6, 6.07) is 6.38. The summed E-state index contributed by atoms with van der Waals surface area (Å²) in [5, 5.41) is 2.68. The molecule has 1 aliphatic rings. The van der Waals surface area contributed by atoms with Gasteiger partial charge in [-0.15, -0.1) is 0 Å². The molecule has 1 fully saturated rings. The number of anilines is 1. The SMILES string of the molecule is COC(=O)c1cccc(NC(=O)CN2CCN(CC(N)=O)C(=O)C2)c1. The number of amides is 3. The van der Waals surface area contributed by atoms with E-state index in [0.717, 1.165) is 0 Å². The third-order valence-electron chi connectivity index (χ3n) is 3.68. The van der Waals surface area contributed by atoms with Crippen molar-refractivity contribution < 1.29 is 23.9 Å². The summed E-state index contributed by atoms with van der Waals surface area (Å²) in [7, 11) is 1.28. The second kappa shape index (κ2) is 8.25. The molecule has 0 radical (unpaired) electrons. The van der Waals surface area contributed by atoms with E-state index in [9.17, 15) is 19.2 Å². The Morgan fingerprint density at radius 2 is 2.00 bits per heavy atom. The minimum Gasteiger partial charge on any atom is -0.465 e. The molecule has 0 unspecified atom stereocenters. The van der Waals surface area contributed by atoms with Crippen molar-refractivity contribution in [1.82, 2.24) is 9.80 Å². The van der Waals surface area contributed by atoms with Crippen molar-refractivity contribution in [1.29, 1.82) is 0 Å². The molecule has 9 nitrogen and oxygen atoms in total. The number of benzene rings is 1. The average molecular weight is 348 g/mol. The average Bonchev–Trinajstić information content (AvgIpc) is 2.56. The fraction of sp³-hybridized carbons (Fsp3) is 0.375. The zero-order chi connectivity index (χ0) is 18.4. The van der Waals surface area contributed by atoms with Crippen LogP contribution in [0.5, 0.6) is 0 Å². The van der Waals surface area contributed by atoms with Gasteiger partial charge < -0.3 is 20.7 Å². The first-order chi connectivity index (χ1) is 11.9. The van der Waals surface area contributed by atoms with Crippen molar-refractivity contribution in [3.63, 3.8) is 0 Å². The Morgan fingerprint density at radius 3 is 2.64 bits per heavy atom. The number of ether oxygens (including phenoxy) is 1. The number of carbonyl (C=O) groups is 4. The van der Waals surface area contributed by atoms with Crippen LogP contribution < -0.4 is 11.1 Å². The minimum atomic E-state index is -0.565. The Bertz CT molecular complexity index is 691. The van der Waals surface area contributed by atoms with Crippen LogP contribution >= 0.6 is 0 Å². The molecular weight excluding hydrogens is 328 g/mol. The molecule has 0 spiro atoms. The smallest absolute Gasteiger partial charge is 0.337 e. The van der Waals surface area contributed by atoms with Crippen LogP contribution in [0.2, 0.25) is 0 Å². The molecular formula is C16H20N4O5. The highest BCUT2D eigenvalue weighted by molar-refractivity contribution is 5.95. The summed E-state index contributed by atoms with van der Waals surface area (Å²) >= 11 is 0. The van der Waals surface area contributed by atoms with Crippen LogP contribution in [0.3, 0.4) is 0 Å². The van der Waals surface area contributed by atoms with E-state index in [1.54, 1.807) is 23.1 Å². The largest absolute Gasteiger partial charge is 0.465 e. The molecule has 3 N–H and O–H groups in total. The number of methoxy groups -OCH3 is 1. The maximum atomic E-state index is 12.1. The summed E-state index contributed by atoms with van der Waals surface area (Å²) in [5.41, 5.74) is 5.88. The lowest BCUT2D eigenvalue weighted by molar-refractivity contribution is -0.140. The van der Waals surface area contributed by atoms with Gasteiger partial charge in [-0.2, -0.15) is 0 Å². The van der Waals surface area contributed by atoms with Crippen molar-refractivity contribution >= 4 is 29.4 Å². The molecule has 1 aliphatic heterocycles. The van der Waals surface area contributed by atoms with E-state index in [2.05, 4.69) is 10.1 Å². The Morgan fingerprint density at radius 1 is 1.24 bits per heavy atom. The number of rotatable bonds is 6. The predicted octanol–water partition coefficient (Wildman–Crippen LogP) is -0.959. The molecule has 25 heavy (non-hydrogen) atoms. The van der Waals surface area contributed by atoms with Crippen LogP contribution in [0.4, 0.5) is 5.69 Å². The molecule has 0 saturated carbocycles. The maximum Gasteiger partial charge on any atom is 0.337 e. The molecule has 1 aromatic rings. The number of piperazine rings is 1. The topological polar surface area (TPSA) is 122 Å². The Hall–Kier alpha value is -2.94. The standard InChI is InChI=1S/C16H20N4O5/c1-25-16(24)11-3-2-4-12(7-11)18-14(22)9-19-5-6-20(8-13(17)21)15(23)10-19/h2-4,7H,5-6,8-10H2,1H3,(H2,17,21)(H,18,22). The molecule has 1 aromatic carbocycles. The normalized spacial score (nSPS) is 14.9. The lowest BCUT2D eigenvalue weighted by Gasteiger charge is -2.33. The van der Waals surface area contributed by atoms with Crippen molar-refractivity contribution in [3.8, 4) is 0 Å². The summed E-state index contributed by atoms with van der Waals surface area (Å²) in [4.78, 5) is 49.5. The second-order valence-corrected chi connectivity index (χ2v) is 5.61. The fourth-order valence-corrected chi connectivity index (χ4v) is 2.49. The zero-order valence-electron chi connectivity index (χ0n) is 13.9. The van der Waals surface area contributed by atoms with E-state index < -0.39 is 11.9 Å². The molecule has 0 atom stereocenters. The predicted molar refractivity (Wildman–Crippen MR) is 88.6 cm³/mol. The number of nitrogens with one attached hydrogen (secondary N) is 1. The number of hydrogen-bond acceptors (Lipinski definition) is 6. The second-order valence-electron chi connectivity index (χ2n) is 5.61. The maximum absolute atomic E-state index is 12.1. The van der Waals surface area contributed by atoms with E-state index in [0.29, 0.717) is 24.3 Å². The highest BCUT2D eigenvalue weighted by Crippen LogP contribution is 2.12. The van der Waals surface area contributed by atoms with Crippen molar-refractivity contribution in [3.05, 3.63) is 29.8 Å². The van der Waals surface area contributed by atoms with Gasteiger partial charge in [0.25, 0.3) is 0 Å². The van der Waals surface area contributed by atoms with Crippen LogP contribution in [-0.4, -0.2) is 73.3 Å². The minimum absolute atomic E-state index is 0.0264. The van der Waals surface area contributed by atoms with Gasteiger partial charge in [0.1, 0.15) is 0 Å². The van der Waals surface area contributed by atoms with Crippen molar-refractivity contribution in [2.45, 2.75) is 0 Å².